The van der Waals surface area contributed by atoms with Crippen molar-refractivity contribution in [2.45, 2.75) is 19.3 Å². The van der Waals surface area contributed by atoms with Gasteiger partial charge in [-0.25, -0.2) is 0 Å². The highest BCUT2D eigenvalue weighted by molar-refractivity contribution is 8.14. The Morgan fingerprint density at radius 2 is 2.06 bits per heavy atom. The van der Waals surface area contributed by atoms with Gasteiger partial charge in [0.15, 0.2) is 5.78 Å². The van der Waals surface area contributed by atoms with Crippen LogP contribution in [-0.2, 0) is 0 Å². The van der Waals surface area contributed by atoms with Crippen molar-refractivity contribution in [1.29, 1.82) is 0 Å². The predicted molar refractivity (Wildman–Crippen MR) is 69.4 cm³/mol. The minimum atomic E-state index is 0.193. The van der Waals surface area contributed by atoms with E-state index in [-0.39, 0.29) is 5.78 Å². The molecule has 1 heterocycles. The summed E-state index contributed by atoms with van der Waals surface area (Å²) in [5, 5.41) is 1.15. The second kappa shape index (κ2) is 5.85. The fourth-order valence-corrected chi connectivity index (χ4v) is 2.58. The van der Waals surface area contributed by atoms with E-state index in [0.29, 0.717) is 5.75 Å². The van der Waals surface area contributed by atoms with Crippen molar-refractivity contribution in [1.82, 2.24) is 0 Å². The Hall–Kier alpha value is -1.09. The maximum Gasteiger partial charge on any atom is 0.173 e. The van der Waals surface area contributed by atoms with Gasteiger partial charge in [-0.15, -0.1) is 11.8 Å². The smallest absolute Gasteiger partial charge is 0.173 e. The van der Waals surface area contributed by atoms with Gasteiger partial charge in [0.2, 0.25) is 0 Å². The Labute approximate surface area is 100 Å². The van der Waals surface area contributed by atoms with E-state index in [1.54, 1.807) is 11.8 Å². The molecule has 0 unspecified atom stereocenters. The van der Waals surface area contributed by atoms with Gasteiger partial charge in [-0.2, -0.15) is 0 Å². The molecule has 0 aliphatic carbocycles. The summed E-state index contributed by atoms with van der Waals surface area (Å²) in [6, 6.07) is 9.46. The van der Waals surface area contributed by atoms with E-state index in [1.807, 2.05) is 30.3 Å². The highest BCUT2D eigenvalue weighted by Crippen LogP contribution is 2.17. The van der Waals surface area contributed by atoms with Crippen LogP contribution >= 0.6 is 11.8 Å². The molecule has 0 fully saturated rings. The highest BCUT2D eigenvalue weighted by atomic mass is 32.2. The fraction of sp³-hybridized carbons (Fsp3) is 0.385. The summed E-state index contributed by atoms with van der Waals surface area (Å²) in [6.45, 7) is 0.932. The third-order valence-electron chi connectivity index (χ3n) is 2.55. The number of carbonyl (C=O) groups is 1. The van der Waals surface area contributed by atoms with Gasteiger partial charge >= 0.3 is 0 Å². The number of rotatable bonds is 3. The van der Waals surface area contributed by atoms with E-state index < -0.39 is 0 Å². The lowest BCUT2D eigenvalue weighted by Gasteiger charge is -2.10. The topological polar surface area (TPSA) is 29.4 Å². The molecule has 2 rings (SSSR count). The molecule has 16 heavy (non-hydrogen) atoms. The first-order chi connectivity index (χ1) is 7.86. The lowest BCUT2D eigenvalue weighted by Crippen LogP contribution is -2.08. The van der Waals surface area contributed by atoms with Crippen molar-refractivity contribution < 1.29 is 4.79 Å². The first-order valence-electron chi connectivity index (χ1n) is 5.60. The standard InChI is InChI=1S/C13H15NOS/c15-12(11-6-2-1-3-7-11)10-16-13-8-4-5-9-14-13/h1-3,6-7H,4-5,8-10H2. The van der Waals surface area contributed by atoms with E-state index >= 15 is 0 Å². The van der Waals surface area contributed by atoms with Crippen LogP contribution in [0.4, 0.5) is 0 Å². The minimum Gasteiger partial charge on any atom is -0.293 e. The van der Waals surface area contributed by atoms with Crippen molar-refractivity contribution in [3.05, 3.63) is 35.9 Å². The van der Waals surface area contributed by atoms with E-state index in [2.05, 4.69) is 4.99 Å². The Morgan fingerprint density at radius 1 is 1.25 bits per heavy atom. The second-order valence-corrected chi connectivity index (χ2v) is 4.86. The maximum absolute atomic E-state index is 11.8. The van der Waals surface area contributed by atoms with Crippen LogP contribution in [0.5, 0.6) is 0 Å². The van der Waals surface area contributed by atoms with E-state index in [9.17, 15) is 4.79 Å². The Bertz CT molecular complexity index is 386. The van der Waals surface area contributed by atoms with Gasteiger partial charge in [0.05, 0.1) is 10.8 Å². The van der Waals surface area contributed by atoms with Crippen LogP contribution < -0.4 is 0 Å². The van der Waals surface area contributed by atoms with Crippen LogP contribution in [0.15, 0.2) is 35.3 Å². The van der Waals surface area contributed by atoms with Gasteiger partial charge in [0.25, 0.3) is 0 Å². The molecule has 0 atom stereocenters. The lowest BCUT2D eigenvalue weighted by molar-refractivity contribution is 0.102. The summed E-state index contributed by atoms with van der Waals surface area (Å²) >= 11 is 1.60. The monoisotopic (exact) mass is 233 g/mol. The maximum atomic E-state index is 11.8. The zero-order valence-corrected chi connectivity index (χ0v) is 10.0. The lowest BCUT2D eigenvalue weighted by atomic mass is 10.2. The number of thioether (sulfide) groups is 1. The second-order valence-electron chi connectivity index (χ2n) is 3.81. The van der Waals surface area contributed by atoms with Gasteiger partial charge < -0.3 is 0 Å². The average molecular weight is 233 g/mol. The molecule has 0 radical (unpaired) electrons. The predicted octanol–water partition coefficient (Wildman–Crippen LogP) is 3.18. The van der Waals surface area contributed by atoms with Crippen molar-refractivity contribution in [2.75, 3.05) is 12.3 Å². The number of benzene rings is 1. The third kappa shape index (κ3) is 3.20. The summed E-state index contributed by atoms with van der Waals surface area (Å²) in [6.07, 6.45) is 3.45. The SMILES string of the molecule is O=C(CSC1=NCCCC1)c1ccccc1. The number of ketones is 1. The molecule has 84 valence electrons. The van der Waals surface area contributed by atoms with Gasteiger partial charge in [0, 0.05) is 12.1 Å². The number of nitrogens with zero attached hydrogens (tertiary/aromatic N) is 1. The molecule has 1 aliphatic heterocycles. The molecule has 0 bridgehead atoms. The first kappa shape index (κ1) is 11.4. The van der Waals surface area contributed by atoms with Crippen LogP contribution in [-0.4, -0.2) is 23.1 Å². The third-order valence-corrected chi connectivity index (χ3v) is 3.63. The molecule has 1 aromatic carbocycles. The van der Waals surface area contributed by atoms with Crippen molar-refractivity contribution in [3.8, 4) is 0 Å². The molecule has 0 amide bonds. The van der Waals surface area contributed by atoms with Crippen LogP contribution in [0.25, 0.3) is 0 Å². The minimum absolute atomic E-state index is 0.193. The van der Waals surface area contributed by atoms with Crippen LogP contribution in [0.2, 0.25) is 0 Å². The summed E-state index contributed by atoms with van der Waals surface area (Å²) in [4.78, 5) is 16.2. The normalized spacial score (nSPS) is 15.6. The zero-order valence-electron chi connectivity index (χ0n) is 9.19. The molecule has 1 aliphatic rings. The quantitative estimate of drug-likeness (QED) is 0.750. The highest BCUT2D eigenvalue weighted by Gasteiger charge is 2.10. The summed E-state index contributed by atoms with van der Waals surface area (Å²) in [5.41, 5.74) is 0.798. The number of hydrogen-bond donors (Lipinski definition) is 0. The molecule has 1 aromatic rings. The molecular formula is C13H15NOS. The Balaban J connectivity index is 1.86. The number of hydrogen-bond acceptors (Lipinski definition) is 3. The van der Waals surface area contributed by atoms with E-state index in [0.717, 1.165) is 23.6 Å². The number of carbonyl (C=O) groups excluding carboxylic acids is 1. The molecular weight excluding hydrogens is 218 g/mol. The molecule has 0 N–H and O–H groups in total. The van der Waals surface area contributed by atoms with Gasteiger partial charge in [-0.3, -0.25) is 9.79 Å². The van der Waals surface area contributed by atoms with Gasteiger partial charge in [-0.1, -0.05) is 30.3 Å². The van der Waals surface area contributed by atoms with Crippen molar-refractivity contribution in [2.24, 2.45) is 4.99 Å². The van der Waals surface area contributed by atoms with E-state index in [1.165, 1.54) is 12.8 Å². The molecule has 3 heteroatoms. The number of Topliss-reactive ketones (excluding diaryl/α,β-unsaturated/α-hetero) is 1. The Morgan fingerprint density at radius 3 is 2.75 bits per heavy atom. The average Bonchev–Trinajstić information content (AvgIpc) is 2.38. The molecule has 0 aromatic heterocycles. The molecule has 2 nitrogen and oxygen atoms in total. The summed E-state index contributed by atoms with van der Waals surface area (Å²) in [7, 11) is 0. The van der Waals surface area contributed by atoms with Crippen LogP contribution in [0.3, 0.4) is 0 Å². The largest absolute Gasteiger partial charge is 0.293 e. The van der Waals surface area contributed by atoms with E-state index in [4.69, 9.17) is 0 Å². The first-order valence-corrected chi connectivity index (χ1v) is 6.59. The van der Waals surface area contributed by atoms with Crippen molar-refractivity contribution in [3.63, 3.8) is 0 Å². The van der Waals surface area contributed by atoms with Crippen molar-refractivity contribution >= 4 is 22.6 Å². The summed E-state index contributed by atoms with van der Waals surface area (Å²) in [5.74, 6) is 0.710. The summed E-state index contributed by atoms with van der Waals surface area (Å²) < 4.78 is 0. The number of aliphatic imine (C=N–C) groups is 1. The molecule has 0 saturated heterocycles. The van der Waals surface area contributed by atoms with Gasteiger partial charge in [0.1, 0.15) is 0 Å². The van der Waals surface area contributed by atoms with Crippen LogP contribution in [0, 0.1) is 0 Å². The fourth-order valence-electron chi connectivity index (χ4n) is 1.64. The molecule has 0 saturated carbocycles. The molecule has 0 spiro atoms. The zero-order chi connectivity index (χ0) is 11.2. The van der Waals surface area contributed by atoms with Crippen LogP contribution in [0.1, 0.15) is 29.6 Å². The van der Waals surface area contributed by atoms with Gasteiger partial charge in [-0.05, 0) is 19.3 Å². The Kier molecular flexibility index (Phi) is 4.17.